The van der Waals surface area contributed by atoms with Crippen molar-refractivity contribution in [2.75, 3.05) is 31.1 Å². The lowest BCUT2D eigenvalue weighted by Gasteiger charge is -2.36. The maximum absolute atomic E-state index is 12.0. The van der Waals surface area contributed by atoms with Gasteiger partial charge in [0.05, 0.1) is 22.3 Å². The molecule has 1 aliphatic rings. The molecule has 0 aliphatic carbocycles. The molecule has 28 heavy (non-hydrogen) atoms. The average molecular weight is 394 g/mol. The van der Waals surface area contributed by atoms with Crippen LogP contribution < -0.4 is 4.90 Å². The summed E-state index contributed by atoms with van der Waals surface area (Å²) in [6.07, 6.45) is 3.87. The van der Waals surface area contributed by atoms with Crippen LogP contribution in [0.4, 0.5) is 5.69 Å². The largest absolute Gasteiger partial charge is 0.368 e. The van der Waals surface area contributed by atoms with E-state index in [1.807, 2.05) is 35.0 Å². The lowest BCUT2D eigenvalue weighted by Crippen LogP contribution is -2.46. The van der Waals surface area contributed by atoms with Gasteiger partial charge in [0.2, 0.25) is 0 Å². The van der Waals surface area contributed by atoms with E-state index in [-0.39, 0.29) is 5.78 Å². The third-order valence-corrected chi connectivity index (χ3v) is 5.29. The number of halogens is 1. The predicted octanol–water partition coefficient (Wildman–Crippen LogP) is 3.38. The molecule has 3 aromatic rings. The van der Waals surface area contributed by atoms with E-state index in [0.717, 1.165) is 49.8 Å². The van der Waals surface area contributed by atoms with E-state index in [9.17, 15) is 10.1 Å². The molecule has 0 N–H and O–H groups in total. The molecule has 142 valence electrons. The zero-order valence-corrected chi connectivity index (χ0v) is 16.4. The summed E-state index contributed by atoms with van der Waals surface area (Å²) in [7, 11) is 0. The van der Waals surface area contributed by atoms with Crippen LogP contribution in [0.5, 0.6) is 0 Å². The molecule has 2 aromatic heterocycles. The number of ketones is 1. The van der Waals surface area contributed by atoms with Gasteiger partial charge in [0.15, 0.2) is 5.78 Å². The molecule has 0 amide bonds. The quantitative estimate of drug-likeness (QED) is 0.636. The van der Waals surface area contributed by atoms with Gasteiger partial charge in [-0.3, -0.25) is 9.69 Å². The van der Waals surface area contributed by atoms with Crippen molar-refractivity contribution in [3.8, 4) is 6.07 Å². The van der Waals surface area contributed by atoms with Gasteiger partial charge in [-0.05, 0) is 37.3 Å². The number of anilines is 1. The topological polar surface area (TPSA) is 64.6 Å². The Balaban J connectivity index is 1.46. The zero-order chi connectivity index (χ0) is 19.7. The Kier molecular flexibility index (Phi) is 5.03. The number of hydrogen-bond donors (Lipinski definition) is 0. The molecule has 0 spiro atoms. The van der Waals surface area contributed by atoms with Gasteiger partial charge in [-0.15, -0.1) is 0 Å². The standard InChI is InChI=1S/C21H20ClN5O/c1-15(28)19-4-2-16(11-23)10-20(19)26-8-6-25(7-9-26)13-18-14-27-12-17(22)3-5-21(27)24-18/h2-5,10,12,14H,6-9,13H2,1H3. The van der Waals surface area contributed by atoms with Gasteiger partial charge < -0.3 is 9.30 Å². The van der Waals surface area contributed by atoms with Gasteiger partial charge in [0, 0.05) is 56.4 Å². The van der Waals surface area contributed by atoms with Crippen LogP contribution in [0.2, 0.25) is 5.02 Å². The SMILES string of the molecule is CC(=O)c1ccc(C#N)cc1N1CCN(Cc2cn3cc(Cl)ccc3n2)CC1. The second-order valence-corrected chi connectivity index (χ2v) is 7.44. The fraction of sp³-hybridized carbons (Fsp3) is 0.286. The van der Waals surface area contributed by atoms with Crippen molar-refractivity contribution < 1.29 is 4.79 Å². The highest BCUT2D eigenvalue weighted by Gasteiger charge is 2.21. The van der Waals surface area contributed by atoms with E-state index in [2.05, 4.69) is 20.9 Å². The molecule has 1 aromatic carbocycles. The summed E-state index contributed by atoms with van der Waals surface area (Å²) in [6, 6.07) is 11.2. The third-order valence-electron chi connectivity index (χ3n) is 5.07. The number of Topliss-reactive ketones (excluding diaryl/α,β-unsaturated/α-hetero) is 1. The first kappa shape index (κ1) is 18.5. The molecule has 6 nitrogen and oxygen atoms in total. The highest BCUT2D eigenvalue weighted by molar-refractivity contribution is 6.30. The first-order valence-electron chi connectivity index (χ1n) is 9.19. The predicted molar refractivity (Wildman–Crippen MR) is 109 cm³/mol. The number of fused-ring (bicyclic) bond motifs is 1. The lowest BCUT2D eigenvalue weighted by molar-refractivity contribution is 0.101. The van der Waals surface area contributed by atoms with Crippen LogP contribution in [0.3, 0.4) is 0 Å². The van der Waals surface area contributed by atoms with E-state index in [1.54, 1.807) is 19.1 Å². The number of imidazole rings is 1. The molecular weight excluding hydrogens is 374 g/mol. The number of benzene rings is 1. The number of carbonyl (C=O) groups excluding carboxylic acids is 1. The number of nitrogens with zero attached hydrogens (tertiary/aromatic N) is 5. The summed E-state index contributed by atoms with van der Waals surface area (Å²) >= 11 is 6.04. The van der Waals surface area contributed by atoms with Crippen LogP contribution in [0.25, 0.3) is 5.65 Å². The lowest BCUT2D eigenvalue weighted by atomic mass is 10.0. The summed E-state index contributed by atoms with van der Waals surface area (Å²) in [5, 5.41) is 9.88. The van der Waals surface area contributed by atoms with Gasteiger partial charge in [-0.2, -0.15) is 5.26 Å². The fourth-order valence-electron chi connectivity index (χ4n) is 3.63. The number of pyridine rings is 1. The van der Waals surface area contributed by atoms with E-state index in [0.29, 0.717) is 16.1 Å². The summed E-state index contributed by atoms with van der Waals surface area (Å²) in [4.78, 5) is 21.2. The van der Waals surface area contributed by atoms with Crippen molar-refractivity contribution in [3.63, 3.8) is 0 Å². The van der Waals surface area contributed by atoms with Crippen molar-refractivity contribution in [1.29, 1.82) is 5.26 Å². The second-order valence-electron chi connectivity index (χ2n) is 7.01. The summed E-state index contributed by atoms with van der Waals surface area (Å²) < 4.78 is 1.94. The monoisotopic (exact) mass is 393 g/mol. The molecule has 1 aliphatic heterocycles. The van der Waals surface area contributed by atoms with Crippen molar-refractivity contribution in [2.24, 2.45) is 0 Å². The van der Waals surface area contributed by atoms with Crippen molar-refractivity contribution in [1.82, 2.24) is 14.3 Å². The minimum Gasteiger partial charge on any atom is -0.368 e. The Morgan fingerprint density at radius 2 is 1.96 bits per heavy atom. The Hall–Kier alpha value is -2.88. The third kappa shape index (κ3) is 3.72. The second kappa shape index (κ2) is 7.63. The molecular formula is C21H20ClN5O. The highest BCUT2D eigenvalue weighted by Crippen LogP contribution is 2.24. The Bertz CT molecular complexity index is 1080. The maximum Gasteiger partial charge on any atom is 0.161 e. The minimum atomic E-state index is 0.0188. The molecule has 0 atom stereocenters. The van der Waals surface area contributed by atoms with E-state index in [4.69, 9.17) is 11.6 Å². The number of piperazine rings is 1. The van der Waals surface area contributed by atoms with Gasteiger partial charge in [0.25, 0.3) is 0 Å². The van der Waals surface area contributed by atoms with Crippen LogP contribution in [-0.2, 0) is 6.54 Å². The molecule has 3 heterocycles. The zero-order valence-electron chi connectivity index (χ0n) is 15.6. The minimum absolute atomic E-state index is 0.0188. The van der Waals surface area contributed by atoms with E-state index >= 15 is 0 Å². The number of carbonyl (C=O) groups is 1. The van der Waals surface area contributed by atoms with E-state index < -0.39 is 0 Å². The number of nitriles is 1. The molecule has 0 unspecified atom stereocenters. The average Bonchev–Trinajstić information content (AvgIpc) is 3.09. The number of aromatic nitrogens is 2. The fourth-order valence-corrected chi connectivity index (χ4v) is 3.80. The first-order valence-corrected chi connectivity index (χ1v) is 9.57. The summed E-state index contributed by atoms with van der Waals surface area (Å²) in [6.45, 7) is 5.66. The number of rotatable bonds is 4. The van der Waals surface area contributed by atoms with Gasteiger partial charge in [0.1, 0.15) is 5.65 Å². The van der Waals surface area contributed by atoms with Crippen LogP contribution in [0.1, 0.15) is 28.5 Å². The smallest absolute Gasteiger partial charge is 0.161 e. The first-order chi connectivity index (χ1) is 13.5. The Morgan fingerprint density at radius 3 is 2.68 bits per heavy atom. The van der Waals surface area contributed by atoms with E-state index in [1.165, 1.54) is 0 Å². The van der Waals surface area contributed by atoms with Gasteiger partial charge in [-0.1, -0.05) is 11.6 Å². The van der Waals surface area contributed by atoms with Gasteiger partial charge in [-0.25, -0.2) is 4.98 Å². The molecule has 0 saturated carbocycles. The molecule has 1 saturated heterocycles. The molecule has 0 bridgehead atoms. The van der Waals surface area contributed by atoms with Crippen LogP contribution in [0, 0.1) is 11.3 Å². The molecule has 4 rings (SSSR count). The summed E-state index contributed by atoms with van der Waals surface area (Å²) in [5.74, 6) is 0.0188. The summed E-state index contributed by atoms with van der Waals surface area (Å²) in [5.41, 5.74) is 3.99. The molecule has 1 fully saturated rings. The normalized spacial score (nSPS) is 15.0. The Labute approximate surface area is 168 Å². The highest BCUT2D eigenvalue weighted by atomic mass is 35.5. The molecule has 7 heteroatoms. The van der Waals surface area contributed by atoms with Crippen molar-refractivity contribution in [3.05, 3.63) is 64.6 Å². The maximum atomic E-state index is 12.0. The van der Waals surface area contributed by atoms with Crippen LogP contribution in [0.15, 0.2) is 42.7 Å². The van der Waals surface area contributed by atoms with Crippen molar-refractivity contribution >= 4 is 28.7 Å². The Morgan fingerprint density at radius 1 is 1.18 bits per heavy atom. The van der Waals surface area contributed by atoms with Crippen LogP contribution >= 0.6 is 11.6 Å². The number of hydrogen-bond acceptors (Lipinski definition) is 5. The van der Waals surface area contributed by atoms with Crippen molar-refractivity contribution in [2.45, 2.75) is 13.5 Å². The van der Waals surface area contributed by atoms with Gasteiger partial charge >= 0.3 is 0 Å². The van der Waals surface area contributed by atoms with Crippen LogP contribution in [-0.4, -0.2) is 46.2 Å². The molecule has 0 radical (unpaired) electrons.